The summed E-state index contributed by atoms with van der Waals surface area (Å²) in [6.07, 6.45) is -0.538. The number of ether oxygens (including phenoxy) is 1. The summed E-state index contributed by atoms with van der Waals surface area (Å²) in [4.78, 5) is 10.9. The Morgan fingerprint density at radius 3 is 2.62 bits per heavy atom. The number of rotatable bonds is 5. The lowest BCUT2D eigenvalue weighted by Crippen LogP contribution is -2.35. The maximum absolute atomic E-state index is 10.9. The molecule has 0 aromatic rings. The first kappa shape index (κ1) is 12.2. The predicted molar refractivity (Wildman–Crippen MR) is 47.3 cm³/mol. The molecule has 5 heteroatoms. The van der Waals surface area contributed by atoms with Crippen LogP contribution in [0.15, 0.2) is 0 Å². The van der Waals surface area contributed by atoms with Crippen LogP contribution >= 0.6 is 0 Å². The Bertz CT molecular complexity index is 149. The number of aliphatic hydroxyl groups excluding tert-OH is 2. The molecule has 1 amide bonds. The first-order valence-electron chi connectivity index (χ1n) is 4.28. The first-order valence-corrected chi connectivity index (χ1v) is 4.28. The number of carbonyl (C=O) groups is 1. The van der Waals surface area contributed by atoms with Gasteiger partial charge >= 0.3 is 6.09 Å². The quantitative estimate of drug-likeness (QED) is 0.565. The van der Waals surface area contributed by atoms with Crippen molar-refractivity contribution in [3.05, 3.63) is 0 Å². The molecule has 0 radical (unpaired) electrons. The molecule has 5 nitrogen and oxygen atoms in total. The molecular weight excluding hydrogens is 174 g/mol. The van der Waals surface area contributed by atoms with Gasteiger partial charge in [-0.2, -0.15) is 0 Å². The van der Waals surface area contributed by atoms with Crippen LogP contribution in [0.4, 0.5) is 4.79 Å². The molecule has 78 valence electrons. The molecule has 0 bridgehead atoms. The third kappa shape index (κ3) is 7.55. The molecule has 0 spiro atoms. The number of carbonyl (C=O) groups excluding carboxylic acids is 1. The van der Waals surface area contributed by atoms with Crippen LogP contribution in [0.5, 0.6) is 0 Å². The third-order valence-corrected chi connectivity index (χ3v) is 1.38. The molecule has 0 fully saturated rings. The molecule has 0 rings (SSSR count). The highest BCUT2D eigenvalue weighted by Crippen LogP contribution is 1.96. The van der Waals surface area contributed by atoms with Gasteiger partial charge in [0.1, 0.15) is 6.61 Å². The van der Waals surface area contributed by atoms with E-state index in [4.69, 9.17) is 10.2 Å². The van der Waals surface area contributed by atoms with Crippen molar-refractivity contribution in [2.45, 2.75) is 32.4 Å². The SMILES string of the molecule is CC(O)CC(C)NC(=O)OCCO. The van der Waals surface area contributed by atoms with Crippen LogP contribution in [-0.2, 0) is 4.74 Å². The van der Waals surface area contributed by atoms with Gasteiger partial charge in [0.25, 0.3) is 0 Å². The van der Waals surface area contributed by atoms with Gasteiger partial charge in [-0.15, -0.1) is 0 Å². The van der Waals surface area contributed by atoms with Gasteiger partial charge in [-0.05, 0) is 20.3 Å². The highest BCUT2D eigenvalue weighted by Gasteiger charge is 2.09. The van der Waals surface area contributed by atoms with Gasteiger partial charge in [0.2, 0.25) is 0 Å². The van der Waals surface area contributed by atoms with Crippen molar-refractivity contribution in [3.63, 3.8) is 0 Å². The fourth-order valence-corrected chi connectivity index (χ4v) is 0.952. The van der Waals surface area contributed by atoms with Crippen LogP contribution in [0.2, 0.25) is 0 Å². The summed E-state index contributed by atoms with van der Waals surface area (Å²) in [5.41, 5.74) is 0. The number of aliphatic hydroxyl groups is 2. The molecule has 2 unspecified atom stereocenters. The van der Waals surface area contributed by atoms with E-state index in [1.54, 1.807) is 13.8 Å². The van der Waals surface area contributed by atoms with Crippen molar-refractivity contribution in [2.75, 3.05) is 13.2 Å². The van der Waals surface area contributed by atoms with E-state index < -0.39 is 12.2 Å². The van der Waals surface area contributed by atoms with E-state index in [0.29, 0.717) is 6.42 Å². The minimum Gasteiger partial charge on any atom is -0.447 e. The van der Waals surface area contributed by atoms with E-state index in [9.17, 15) is 4.79 Å². The molecule has 13 heavy (non-hydrogen) atoms. The van der Waals surface area contributed by atoms with Gasteiger partial charge in [0.15, 0.2) is 0 Å². The van der Waals surface area contributed by atoms with E-state index in [1.165, 1.54) is 0 Å². The summed E-state index contributed by atoms with van der Waals surface area (Å²) in [6, 6.07) is -0.133. The highest BCUT2D eigenvalue weighted by molar-refractivity contribution is 5.67. The number of hydrogen-bond donors (Lipinski definition) is 3. The highest BCUT2D eigenvalue weighted by atomic mass is 16.6. The van der Waals surface area contributed by atoms with Crippen LogP contribution in [0.25, 0.3) is 0 Å². The molecule has 0 saturated carbocycles. The van der Waals surface area contributed by atoms with Crippen molar-refractivity contribution in [1.29, 1.82) is 0 Å². The third-order valence-electron chi connectivity index (χ3n) is 1.38. The van der Waals surface area contributed by atoms with Crippen molar-refractivity contribution in [3.8, 4) is 0 Å². The summed E-state index contributed by atoms with van der Waals surface area (Å²) in [6.45, 7) is 3.23. The fraction of sp³-hybridized carbons (Fsp3) is 0.875. The molecule has 0 heterocycles. The Morgan fingerprint density at radius 2 is 2.15 bits per heavy atom. The maximum Gasteiger partial charge on any atom is 0.407 e. The van der Waals surface area contributed by atoms with Crippen LogP contribution in [-0.4, -0.2) is 41.7 Å². The molecular formula is C8H17NO4. The van der Waals surface area contributed by atoms with Crippen LogP contribution in [0.3, 0.4) is 0 Å². The summed E-state index contributed by atoms with van der Waals surface area (Å²) in [5, 5.41) is 19.8. The van der Waals surface area contributed by atoms with Gasteiger partial charge in [-0.1, -0.05) is 0 Å². The van der Waals surface area contributed by atoms with E-state index in [0.717, 1.165) is 0 Å². The Kier molecular flexibility index (Phi) is 6.26. The van der Waals surface area contributed by atoms with E-state index in [2.05, 4.69) is 10.1 Å². The Morgan fingerprint density at radius 1 is 1.54 bits per heavy atom. The summed E-state index contributed by atoms with van der Waals surface area (Å²) < 4.78 is 4.56. The number of nitrogens with one attached hydrogen (secondary N) is 1. The van der Waals surface area contributed by atoms with Gasteiger partial charge in [0, 0.05) is 6.04 Å². The number of amides is 1. The van der Waals surface area contributed by atoms with Crippen molar-refractivity contribution in [1.82, 2.24) is 5.32 Å². The second kappa shape index (κ2) is 6.68. The zero-order chi connectivity index (χ0) is 10.3. The Balaban J connectivity index is 3.53. The largest absolute Gasteiger partial charge is 0.447 e. The van der Waals surface area contributed by atoms with Crippen LogP contribution in [0, 0.1) is 0 Å². The summed E-state index contributed by atoms with van der Waals surface area (Å²) in [5.74, 6) is 0. The van der Waals surface area contributed by atoms with Gasteiger partial charge in [0.05, 0.1) is 12.7 Å². The van der Waals surface area contributed by atoms with E-state index in [1.807, 2.05) is 0 Å². The Hall–Kier alpha value is -0.810. The second-order valence-electron chi connectivity index (χ2n) is 2.99. The number of hydrogen-bond acceptors (Lipinski definition) is 4. The van der Waals surface area contributed by atoms with Crippen molar-refractivity contribution < 1.29 is 19.7 Å². The molecule has 0 aliphatic carbocycles. The van der Waals surface area contributed by atoms with Crippen LogP contribution < -0.4 is 5.32 Å². The standard InChI is InChI=1S/C8H17NO4/c1-6(5-7(2)11)9-8(12)13-4-3-10/h6-7,10-11H,3-5H2,1-2H3,(H,9,12). The zero-order valence-electron chi connectivity index (χ0n) is 7.99. The normalized spacial score (nSPS) is 14.8. The monoisotopic (exact) mass is 191 g/mol. The average molecular weight is 191 g/mol. The van der Waals surface area contributed by atoms with Gasteiger partial charge < -0.3 is 20.3 Å². The lowest BCUT2D eigenvalue weighted by molar-refractivity contribution is 0.112. The summed E-state index contributed by atoms with van der Waals surface area (Å²) >= 11 is 0. The molecule has 0 aliphatic rings. The van der Waals surface area contributed by atoms with E-state index in [-0.39, 0.29) is 19.3 Å². The summed E-state index contributed by atoms with van der Waals surface area (Å²) in [7, 11) is 0. The minimum atomic E-state index is -0.567. The maximum atomic E-state index is 10.9. The smallest absolute Gasteiger partial charge is 0.407 e. The molecule has 0 aromatic heterocycles. The molecule has 3 N–H and O–H groups in total. The fourth-order valence-electron chi connectivity index (χ4n) is 0.952. The predicted octanol–water partition coefficient (Wildman–Crippen LogP) is -0.136. The average Bonchev–Trinajstić information content (AvgIpc) is 1.98. The lowest BCUT2D eigenvalue weighted by atomic mass is 10.2. The van der Waals surface area contributed by atoms with Crippen molar-refractivity contribution in [2.24, 2.45) is 0 Å². The topological polar surface area (TPSA) is 78.8 Å². The molecule has 0 aromatic carbocycles. The lowest BCUT2D eigenvalue weighted by Gasteiger charge is -2.14. The Labute approximate surface area is 77.7 Å². The zero-order valence-corrected chi connectivity index (χ0v) is 7.99. The van der Waals surface area contributed by atoms with Crippen molar-refractivity contribution >= 4 is 6.09 Å². The van der Waals surface area contributed by atoms with E-state index >= 15 is 0 Å². The van der Waals surface area contributed by atoms with Gasteiger partial charge in [-0.25, -0.2) is 4.79 Å². The number of alkyl carbamates (subject to hydrolysis) is 1. The molecule has 0 saturated heterocycles. The molecule has 2 atom stereocenters. The minimum absolute atomic E-state index is 0.00671. The molecule has 0 aliphatic heterocycles. The first-order chi connectivity index (χ1) is 6.06. The van der Waals surface area contributed by atoms with Crippen LogP contribution in [0.1, 0.15) is 20.3 Å². The van der Waals surface area contributed by atoms with Gasteiger partial charge in [-0.3, -0.25) is 0 Å². The second-order valence-corrected chi connectivity index (χ2v) is 2.99.